The van der Waals surface area contributed by atoms with Crippen molar-refractivity contribution >= 4 is 29.9 Å². The Bertz CT molecular complexity index is 421. The second-order valence-corrected chi connectivity index (χ2v) is 7.94. The monoisotopic (exact) mass is 465 g/mol. The van der Waals surface area contributed by atoms with E-state index in [1.54, 1.807) is 0 Å². The fourth-order valence-corrected chi connectivity index (χ4v) is 4.60. The molecule has 3 fully saturated rings. The maximum absolute atomic E-state index is 10.5. The van der Waals surface area contributed by atoms with Crippen molar-refractivity contribution in [3.05, 3.63) is 0 Å². The number of rotatable bonds is 4. The molecule has 146 valence electrons. The van der Waals surface area contributed by atoms with E-state index in [0.717, 1.165) is 38.8 Å². The molecule has 5 nitrogen and oxygen atoms in total. The third-order valence-electron chi connectivity index (χ3n) is 6.25. The van der Waals surface area contributed by atoms with Crippen LogP contribution < -0.4 is 5.32 Å². The summed E-state index contributed by atoms with van der Waals surface area (Å²) in [7, 11) is 0. The zero-order valence-electron chi connectivity index (χ0n) is 15.7. The number of halogens is 1. The van der Waals surface area contributed by atoms with Crippen LogP contribution in [0.25, 0.3) is 0 Å². The molecule has 0 radical (unpaired) electrons. The third-order valence-corrected chi connectivity index (χ3v) is 6.25. The first-order valence-corrected chi connectivity index (χ1v) is 10.0. The van der Waals surface area contributed by atoms with E-state index < -0.39 is 0 Å². The average molecular weight is 465 g/mol. The lowest BCUT2D eigenvalue weighted by Gasteiger charge is -2.33. The quantitative estimate of drug-likeness (QED) is 0.381. The Hall–Kier alpha value is -0.0800. The highest BCUT2D eigenvalue weighted by Crippen LogP contribution is 2.39. The molecule has 6 heteroatoms. The molecule has 0 aromatic heterocycles. The summed E-state index contributed by atoms with van der Waals surface area (Å²) < 4.78 is 5.55. The number of guanidine groups is 1. The van der Waals surface area contributed by atoms with Gasteiger partial charge in [-0.2, -0.15) is 0 Å². The van der Waals surface area contributed by atoms with Crippen molar-refractivity contribution in [2.24, 2.45) is 16.3 Å². The van der Waals surface area contributed by atoms with Crippen molar-refractivity contribution in [1.82, 2.24) is 10.2 Å². The van der Waals surface area contributed by atoms with E-state index >= 15 is 0 Å². The molecule has 0 amide bonds. The van der Waals surface area contributed by atoms with Gasteiger partial charge in [-0.15, -0.1) is 24.0 Å². The van der Waals surface area contributed by atoms with Gasteiger partial charge >= 0.3 is 0 Å². The zero-order valence-corrected chi connectivity index (χ0v) is 18.0. The van der Waals surface area contributed by atoms with Gasteiger partial charge in [0.25, 0.3) is 0 Å². The fourth-order valence-electron chi connectivity index (χ4n) is 4.60. The molecule has 2 heterocycles. The van der Waals surface area contributed by atoms with Crippen molar-refractivity contribution in [3.8, 4) is 0 Å². The summed E-state index contributed by atoms with van der Waals surface area (Å²) in [5.74, 6) is 1.45. The van der Waals surface area contributed by atoms with Crippen LogP contribution in [0.5, 0.6) is 0 Å². The normalized spacial score (nSPS) is 25.7. The lowest BCUT2D eigenvalue weighted by Crippen LogP contribution is -2.43. The van der Waals surface area contributed by atoms with E-state index in [4.69, 9.17) is 9.73 Å². The van der Waals surface area contributed by atoms with E-state index in [1.807, 2.05) is 0 Å². The number of aliphatic hydroxyl groups is 1. The predicted octanol–water partition coefficient (Wildman–Crippen LogP) is 3.01. The van der Waals surface area contributed by atoms with Crippen molar-refractivity contribution in [1.29, 1.82) is 0 Å². The largest absolute Gasteiger partial charge is 0.391 e. The second kappa shape index (κ2) is 10.3. The van der Waals surface area contributed by atoms with Gasteiger partial charge in [-0.1, -0.05) is 19.3 Å². The van der Waals surface area contributed by atoms with Crippen molar-refractivity contribution in [2.75, 3.05) is 39.4 Å². The highest BCUT2D eigenvalue weighted by Gasteiger charge is 2.40. The summed E-state index contributed by atoms with van der Waals surface area (Å²) in [6.45, 7) is 7.51. The van der Waals surface area contributed by atoms with Crippen LogP contribution in [0, 0.1) is 11.3 Å². The van der Waals surface area contributed by atoms with Crippen LogP contribution >= 0.6 is 24.0 Å². The minimum Gasteiger partial charge on any atom is -0.391 e. The second-order valence-electron chi connectivity index (χ2n) is 7.94. The van der Waals surface area contributed by atoms with Crippen LogP contribution in [0.3, 0.4) is 0 Å². The average Bonchev–Trinajstić information content (AvgIpc) is 3.03. The molecule has 3 rings (SSSR count). The van der Waals surface area contributed by atoms with Crippen LogP contribution in [0.1, 0.15) is 58.3 Å². The molecule has 1 unspecified atom stereocenters. The molecule has 3 aliphatic rings. The summed E-state index contributed by atoms with van der Waals surface area (Å²) >= 11 is 0. The minimum atomic E-state index is -0.279. The van der Waals surface area contributed by atoms with Crippen LogP contribution in [0.4, 0.5) is 0 Å². The summed E-state index contributed by atoms with van der Waals surface area (Å²) in [6, 6.07) is 0. The van der Waals surface area contributed by atoms with E-state index in [1.165, 1.54) is 51.4 Å². The fraction of sp³-hybridized carbons (Fsp3) is 0.947. The number of nitrogens with one attached hydrogen (secondary N) is 1. The Labute approximate surface area is 170 Å². The molecule has 1 saturated carbocycles. The molecular formula is C19H36IN3O2. The van der Waals surface area contributed by atoms with Crippen LogP contribution in [-0.2, 0) is 4.74 Å². The van der Waals surface area contributed by atoms with Crippen LogP contribution in [-0.4, -0.2) is 61.5 Å². The molecule has 2 saturated heterocycles. The number of nitrogens with zero attached hydrogens (tertiary/aromatic N) is 2. The van der Waals surface area contributed by atoms with Gasteiger partial charge in [0.2, 0.25) is 0 Å². The summed E-state index contributed by atoms with van der Waals surface area (Å²) in [6.07, 6.45) is 9.51. The predicted molar refractivity (Wildman–Crippen MR) is 113 cm³/mol. The number of likely N-dealkylation sites (tertiary alicyclic amines) is 1. The van der Waals surface area contributed by atoms with E-state index in [2.05, 4.69) is 17.1 Å². The number of aliphatic hydroxyl groups excluding tert-OH is 1. The SMILES string of the molecule is CCNC(=NCC(O)C1CCCCC1)N1CCC2(CCOCC2)C1.I. The summed E-state index contributed by atoms with van der Waals surface area (Å²) in [5.41, 5.74) is 0.427. The van der Waals surface area contributed by atoms with Gasteiger partial charge in [-0.05, 0) is 50.4 Å². The molecular weight excluding hydrogens is 429 g/mol. The van der Waals surface area contributed by atoms with E-state index in [9.17, 15) is 5.11 Å². The van der Waals surface area contributed by atoms with Gasteiger partial charge in [0.05, 0.1) is 12.6 Å². The number of hydrogen-bond acceptors (Lipinski definition) is 3. The topological polar surface area (TPSA) is 57.1 Å². The molecule has 2 aliphatic heterocycles. The molecule has 0 bridgehead atoms. The molecule has 1 aliphatic carbocycles. The molecule has 0 aromatic carbocycles. The Morgan fingerprint density at radius 1 is 1.24 bits per heavy atom. The first-order valence-electron chi connectivity index (χ1n) is 10.0. The van der Waals surface area contributed by atoms with Gasteiger partial charge in [0.1, 0.15) is 0 Å². The van der Waals surface area contributed by atoms with Crippen molar-refractivity contribution in [3.63, 3.8) is 0 Å². The Morgan fingerprint density at radius 2 is 1.96 bits per heavy atom. The van der Waals surface area contributed by atoms with E-state index in [0.29, 0.717) is 17.9 Å². The maximum Gasteiger partial charge on any atom is 0.194 e. The van der Waals surface area contributed by atoms with Crippen molar-refractivity contribution in [2.45, 2.75) is 64.4 Å². The van der Waals surface area contributed by atoms with Gasteiger partial charge in [-0.25, -0.2) is 0 Å². The standard InChI is InChI=1S/C19H35N3O2.HI/c1-2-20-18(21-14-17(23)16-6-4-3-5-7-16)22-11-8-19(15-22)9-12-24-13-10-19;/h16-17,23H,2-15H2,1H3,(H,20,21);1H. The number of ether oxygens (including phenoxy) is 1. The van der Waals surface area contributed by atoms with Crippen LogP contribution in [0.2, 0.25) is 0 Å². The Morgan fingerprint density at radius 3 is 2.64 bits per heavy atom. The molecule has 25 heavy (non-hydrogen) atoms. The first-order chi connectivity index (χ1) is 11.7. The minimum absolute atomic E-state index is 0. The number of hydrogen-bond donors (Lipinski definition) is 2. The molecule has 2 N–H and O–H groups in total. The third kappa shape index (κ3) is 5.70. The van der Waals surface area contributed by atoms with Gasteiger partial charge < -0.3 is 20.1 Å². The Kier molecular flexibility index (Phi) is 8.75. The van der Waals surface area contributed by atoms with Crippen LogP contribution in [0.15, 0.2) is 4.99 Å². The van der Waals surface area contributed by atoms with Gasteiger partial charge in [0, 0.05) is 32.8 Å². The lowest BCUT2D eigenvalue weighted by molar-refractivity contribution is 0.0217. The van der Waals surface area contributed by atoms with Gasteiger partial charge in [0.15, 0.2) is 5.96 Å². The first kappa shape index (κ1) is 21.2. The molecule has 1 spiro atoms. The smallest absolute Gasteiger partial charge is 0.194 e. The summed E-state index contributed by atoms with van der Waals surface area (Å²) in [5, 5.41) is 13.9. The summed E-state index contributed by atoms with van der Waals surface area (Å²) in [4.78, 5) is 7.20. The van der Waals surface area contributed by atoms with E-state index in [-0.39, 0.29) is 30.1 Å². The maximum atomic E-state index is 10.5. The highest BCUT2D eigenvalue weighted by atomic mass is 127. The van der Waals surface area contributed by atoms with Gasteiger partial charge in [-0.3, -0.25) is 4.99 Å². The zero-order chi connectivity index (χ0) is 16.8. The Balaban J connectivity index is 0.00000225. The highest BCUT2D eigenvalue weighted by molar-refractivity contribution is 14.0. The number of aliphatic imine (C=N–C) groups is 1. The lowest BCUT2D eigenvalue weighted by atomic mass is 9.80. The molecule has 0 aromatic rings. The van der Waals surface area contributed by atoms with Crippen molar-refractivity contribution < 1.29 is 9.84 Å². The molecule has 1 atom stereocenters.